The maximum atomic E-state index is 12.7. The number of benzene rings is 2. The first-order chi connectivity index (χ1) is 11.2. The fraction of sp³-hybridized carbons (Fsp3) is 0.278. The molecule has 1 aliphatic heterocycles. The van der Waals surface area contributed by atoms with Gasteiger partial charge in [0.2, 0.25) is 0 Å². The topological polar surface area (TPSA) is 67.6 Å². The Morgan fingerprint density at radius 1 is 1.26 bits per heavy atom. The Hall–Kier alpha value is -2.53. The Bertz CT molecular complexity index is 702. The number of methoxy groups -OCH3 is 1. The Morgan fingerprint density at radius 2 is 2.09 bits per heavy atom. The molecule has 1 fully saturated rings. The Labute approximate surface area is 136 Å². The highest BCUT2D eigenvalue weighted by Crippen LogP contribution is 2.25. The van der Waals surface area contributed by atoms with Crippen LogP contribution < -0.4 is 15.8 Å². The summed E-state index contributed by atoms with van der Waals surface area (Å²) in [5.74, 6) is 0.785. The number of nitrogens with zero attached hydrogens (tertiary/aromatic N) is 1. The van der Waals surface area contributed by atoms with Gasteiger partial charge in [-0.25, -0.2) is 0 Å². The highest BCUT2D eigenvalue weighted by molar-refractivity contribution is 6.00. The van der Waals surface area contributed by atoms with Crippen molar-refractivity contribution in [2.45, 2.75) is 12.5 Å². The number of carbonyl (C=O) groups is 1. The first-order valence-electron chi connectivity index (χ1n) is 7.72. The van der Waals surface area contributed by atoms with E-state index in [0.717, 1.165) is 23.5 Å². The van der Waals surface area contributed by atoms with Gasteiger partial charge in [-0.2, -0.15) is 0 Å². The second-order valence-electron chi connectivity index (χ2n) is 5.70. The van der Waals surface area contributed by atoms with Gasteiger partial charge in [0, 0.05) is 30.9 Å². The largest absolute Gasteiger partial charge is 0.497 e. The molecular formula is C18H21N3O2. The Morgan fingerprint density at radius 3 is 2.83 bits per heavy atom. The van der Waals surface area contributed by atoms with E-state index in [-0.39, 0.29) is 11.9 Å². The van der Waals surface area contributed by atoms with Crippen LogP contribution in [0.2, 0.25) is 0 Å². The SMILES string of the molecule is COc1cccc(Nc2ccccc2C(=O)N2CCC(N)C2)c1. The predicted octanol–water partition coefficient (Wildman–Crippen LogP) is 2.61. The van der Waals surface area contributed by atoms with Crippen molar-refractivity contribution in [1.29, 1.82) is 0 Å². The van der Waals surface area contributed by atoms with Crippen molar-refractivity contribution in [2.24, 2.45) is 5.73 Å². The number of nitrogens with two attached hydrogens (primary N) is 1. The molecule has 5 heteroatoms. The Balaban J connectivity index is 1.84. The summed E-state index contributed by atoms with van der Waals surface area (Å²) >= 11 is 0. The molecule has 23 heavy (non-hydrogen) atoms. The van der Waals surface area contributed by atoms with Crippen molar-refractivity contribution in [3.8, 4) is 5.75 Å². The number of carbonyl (C=O) groups excluding carboxylic acids is 1. The first kappa shape index (κ1) is 15.4. The van der Waals surface area contributed by atoms with Gasteiger partial charge in [-0.3, -0.25) is 4.79 Å². The Kier molecular flexibility index (Phi) is 4.48. The van der Waals surface area contributed by atoms with Gasteiger partial charge in [-0.15, -0.1) is 0 Å². The molecule has 1 aliphatic rings. The van der Waals surface area contributed by atoms with Gasteiger partial charge in [-0.1, -0.05) is 18.2 Å². The van der Waals surface area contributed by atoms with E-state index in [4.69, 9.17) is 10.5 Å². The molecule has 1 unspecified atom stereocenters. The number of ether oxygens (including phenoxy) is 1. The maximum Gasteiger partial charge on any atom is 0.256 e. The van der Waals surface area contributed by atoms with Crippen LogP contribution in [-0.4, -0.2) is 37.0 Å². The molecule has 1 atom stereocenters. The molecule has 2 aromatic rings. The maximum absolute atomic E-state index is 12.7. The number of rotatable bonds is 4. The van der Waals surface area contributed by atoms with Crippen LogP contribution in [0.1, 0.15) is 16.8 Å². The molecule has 5 nitrogen and oxygen atoms in total. The summed E-state index contributed by atoms with van der Waals surface area (Å²) in [6.45, 7) is 1.33. The van der Waals surface area contributed by atoms with Gasteiger partial charge in [0.05, 0.1) is 18.4 Å². The minimum atomic E-state index is 0.0175. The third kappa shape index (κ3) is 3.46. The predicted molar refractivity (Wildman–Crippen MR) is 91.2 cm³/mol. The number of anilines is 2. The monoisotopic (exact) mass is 311 g/mol. The van der Waals surface area contributed by atoms with E-state index in [0.29, 0.717) is 18.7 Å². The molecule has 0 bridgehead atoms. The lowest BCUT2D eigenvalue weighted by Crippen LogP contribution is -2.32. The minimum Gasteiger partial charge on any atom is -0.497 e. The van der Waals surface area contributed by atoms with Crippen molar-refractivity contribution < 1.29 is 9.53 Å². The number of hydrogen-bond acceptors (Lipinski definition) is 4. The highest BCUT2D eigenvalue weighted by atomic mass is 16.5. The van der Waals surface area contributed by atoms with Gasteiger partial charge in [0.15, 0.2) is 0 Å². The molecule has 1 saturated heterocycles. The lowest BCUT2D eigenvalue weighted by molar-refractivity contribution is 0.0792. The summed E-state index contributed by atoms with van der Waals surface area (Å²) in [7, 11) is 1.63. The van der Waals surface area contributed by atoms with Crippen LogP contribution >= 0.6 is 0 Å². The number of nitrogens with one attached hydrogen (secondary N) is 1. The molecule has 1 heterocycles. The summed E-state index contributed by atoms with van der Waals surface area (Å²) < 4.78 is 5.23. The average molecular weight is 311 g/mol. The third-order valence-corrected chi connectivity index (χ3v) is 4.02. The van der Waals surface area contributed by atoms with Crippen molar-refractivity contribution in [1.82, 2.24) is 4.90 Å². The van der Waals surface area contributed by atoms with Gasteiger partial charge < -0.3 is 20.7 Å². The zero-order valence-corrected chi connectivity index (χ0v) is 13.2. The molecule has 0 saturated carbocycles. The number of hydrogen-bond donors (Lipinski definition) is 2. The lowest BCUT2D eigenvalue weighted by Gasteiger charge is -2.19. The zero-order chi connectivity index (χ0) is 16.2. The molecular weight excluding hydrogens is 290 g/mol. The molecule has 0 radical (unpaired) electrons. The van der Waals surface area contributed by atoms with E-state index in [1.54, 1.807) is 7.11 Å². The summed E-state index contributed by atoms with van der Waals surface area (Å²) in [6, 6.07) is 15.2. The normalized spacial score (nSPS) is 17.1. The van der Waals surface area contributed by atoms with E-state index in [9.17, 15) is 4.79 Å². The summed E-state index contributed by atoms with van der Waals surface area (Å²) in [6.07, 6.45) is 0.858. The van der Waals surface area contributed by atoms with Crippen LogP contribution in [0.4, 0.5) is 11.4 Å². The third-order valence-electron chi connectivity index (χ3n) is 4.02. The van der Waals surface area contributed by atoms with Crippen molar-refractivity contribution in [3.05, 3.63) is 54.1 Å². The molecule has 0 spiro atoms. The molecule has 3 N–H and O–H groups in total. The lowest BCUT2D eigenvalue weighted by atomic mass is 10.1. The van der Waals surface area contributed by atoms with Gasteiger partial charge >= 0.3 is 0 Å². The second kappa shape index (κ2) is 6.71. The van der Waals surface area contributed by atoms with Crippen LogP contribution in [0.25, 0.3) is 0 Å². The van der Waals surface area contributed by atoms with Crippen molar-refractivity contribution in [3.63, 3.8) is 0 Å². The molecule has 120 valence electrons. The van der Waals surface area contributed by atoms with E-state index >= 15 is 0 Å². The van der Waals surface area contributed by atoms with E-state index in [1.807, 2.05) is 53.4 Å². The van der Waals surface area contributed by atoms with Crippen LogP contribution in [0.3, 0.4) is 0 Å². The van der Waals surface area contributed by atoms with Gasteiger partial charge in [-0.05, 0) is 30.7 Å². The quantitative estimate of drug-likeness (QED) is 0.911. The summed E-state index contributed by atoms with van der Waals surface area (Å²) in [5.41, 5.74) is 8.23. The van der Waals surface area contributed by atoms with Crippen LogP contribution in [-0.2, 0) is 0 Å². The standard InChI is InChI=1S/C18H21N3O2/c1-23-15-6-4-5-14(11-15)20-17-8-3-2-7-16(17)18(22)21-10-9-13(19)12-21/h2-8,11,13,20H,9-10,12,19H2,1H3. The van der Waals surface area contributed by atoms with Crippen molar-refractivity contribution >= 4 is 17.3 Å². The average Bonchev–Trinajstić information content (AvgIpc) is 3.01. The summed E-state index contributed by atoms with van der Waals surface area (Å²) in [4.78, 5) is 14.5. The smallest absolute Gasteiger partial charge is 0.256 e. The molecule has 0 aromatic heterocycles. The molecule has 1 amide bonds. The number of para-hydroxylation sites is 1. The number of likely N-dealkylation sites (tertiary alicyclic amines) is 1. The molecule has 3 rings (SSSR count). The fourth-order valence-electron chi connectivity index (χ4n) is 2.78. The van der Waals surface area contributed by atoms with Gasteiger partial charge in [0.25, 0.3) is 5.91 Å². The highest BCUT2D eigenvalue weighted by Gasteiger charge is 2.25. The summed E-state index contributed by atoms with van der Waals surface area (Å²) in [5, 5.41) is 3.30. The first-order valence-corrected chi connectivity index (χ1v) is 7.72. The molecule has 2 aromatic carbocycles. The van der Waals surface area contributed by atoms with Crippen LogP contribution in [0.15, 0.2) is 48.5 Å². The van der Waals surface area contributed by atoms with Gasteiger partial charge in [0.1, 0.15) is 5.75 Å². The van der Waals surface area contributed by atoms with Crippen molar-refractivity contribution in [2.75, 3.05) is 25.5 Å². The minimum absolute atomic E-state index is 0.0175. The fourth-order valence-corrected chi connectivity index (χ4v) is 2.78. The second-order valence-corrected chi connectivity index (χ2v) is 5.70. The molecule has 0 aliphatic carbocycles. The van der Waals surface area contributed by atoms with E-state index < -0.39 is 0 Å². The van der Waals surface area contributed by atoms with Crippen LogP contribution in [0.5, 0.6) is 5.75 Å². The van der Waals surface area contributed by atoms with E-state index in [2.05, 4.69) is 5.32 Å². The van der Waals surface area contributed by atoms with E-state index in [1.165, 1.54) is 0 Å². The zero-order valence-electron chi connectivity index (χ0n) is 13.2. The number of amides is 1. The van der Waals surface area contributed by atoms with Crippen LogP contribution in [0, 0.1) is 0 Å².